The van der Waals surface area contributed by atoms with Gasteiger partial charge in [0.25, 0.3) is 5.56 Å². The zero-order valence-corrected chi connectivity index (χ0v) is 18.9. The van der Waals surface area contributed by atoms with Crippen molar-refractivity contribution in [2.75, 3.05) is 11.9 Å². The van der Waals surface area contributed by atoms with E-state index >= 15 is 0 Å². The Morgan fingerprint density at radius 2 is 1.84 bits per heavy atom. The molecule has 4 rings (SSSR count). The minimum Gasteiger partial charge on any atom is -0.494 e. The van der Waals surface area contributed by atoms with Crippen LogP contribution in [0.2, 0.25) is 0 Å². The van der Waals surface area contributed by atoms with Crippen LogP contribution in [0.3, 0.4) is 0 Å². The Labute approximate surface area is 190 Å². The van der Waals surface area contributed by atoms with Crippen molar-refractivity contribution in [3.8, 4) is 16.9 Å². The molecule has 0 bridgehead atoms. The number of benzene rings is 2. The van der Waals surface area contributed by atoms with Crippen LogP contribution in [0.5, 0.6) is 5.75 Å². The third-order valence-electron chi connectivity index (χ3n) is 5.16. The van der Waals surface area contributed by atoms with Gasteiger partial charge in [-0.05, 0) is 48.2 Å². The van der Waals surface area contributed by atoms with Gasteiger partial charge < -0.3 is 10.1 Å². The molecule has 7 heteroatoms. The number of aryl methyl sites for hydroxylation is 1. The van der Waals surface area contributed by atoms with Crippen molar-refractivity contribution in [2.45, 2.75) is 33.2 Å². The van der Waals surface area contributed by atoms with Crippen LogP contribution >= 0.6 is 11.3 Å². The zero-order valence-electron chi connectivity index (χ0n) is 18.1. The first kappa shape index (κ1) is 21.8. The monoisotopic (exact) mass is 447 g/mol. The summed E-state index contributed by atoms with van der Waals surface area (Å²) in [5.74, 6) is 0.529. The number of carbonyl (C=O) groups excluding carboxylic acids is 1. The molecular weight excluding hydrogens is 422 g/mol. The lowest BCUT2D eigenvalue weighted by Gasteiger charge is -2.09. The second-order valence-electron chi connectivity index (χ2n) is 7.48. The number of ether oxygens (including phenoxy) is 1. The molecule has 0 aliphatic carbocycles. The molecule has 2 heterocycles. The van der Waals surface area contributed by atoms with E-state index in [1.165, 1.54) is 27.8 Å². The Morgan fingerprint density at radius 1 is 1.09 bits per heavy atom. The zero-order chi connectivity index (χ0) is 22.5. The van der Waals surface area contributed by atoms with Gasteiger partial charge in [-0.3, -0.25) is 14.2 Å². The molecule has 1 amide bonds. The Balaban J connectivity index is 1.56. The lowest BCUT2D eigenvalue weighted by atomic mass is 10.1. The van der Waals surface area contributed by atoms with Crippen molar-refractivity contribution in [1.82, 2.24) is 9.55 Å². The number of hydrogen-bond donors (Lipinski definition) is 1. The van der Waals surface area contributed by atoms with E-state index in [2.05, 4.69) is 24.1 Å². The van der Waals surface area contributed by atoms with E-state index in [0.717, 1.165) is 29.7 Å². The highest BCUT2D eigenvalue weighted by Gasteiger charge is 2.15. The number of nitrogens with zero attached hydrogens (tertiary/aromatic N) is 2. The summed E-state index contributed by atoms with van der Waals surface area (Å²) in [5.41, 5.74) is 3.40. The van der Waals surface area contributed by atoms with Crippen molar-refractivity contribution in [3.05, 3.63) is 76.2 Å². The van der Waals surface area contributed by atoms with Gasteiger partial charge in [0.2, 0.25) is 5.91 Å². The van der Waals surface area contributed by atoms with Crippen LogP contribution in [0.1, 0.15) is 25.8 Å². The van der Waals surface area contributed by atoms with Crippen LogP contribution in [0.4, 0.5) is 5.69 Å². The van der Waals surface area contributed by atoms with Crippen molar-refractivity contribution in [3.63, 3.8) is 0 Å². The third-order valence-corrected chi connectivity index (χ3v) is 6.05. The predicted octanol–water partition coefficient (Wildman–Crippen LogP) is 5.11. The highest BCUT2D eigenvalue weighted by molar-refractivity contribution is 7.17. The standard InChI is InChI=1S/C25H25N3O3S/c1-3-13-31-20-11-7-18(8-12-20)21-15-32-24-23(21)25(30)28(16-26-24)14-22(29)27-19-9-5-17(4-2)6-10-19/h5-12,15-16H,3-4,13-14H2,1-2H3,(H,27,29). The van der Waals surface area contributed by atoms with Crippen molar-refractivity contribution in [2.24, 2.45) is 0 Å². The molecule has 0 saturated heterocycles. The van der Waals surface area contributed by atoms with Gasteiger partial charge in [0, 0.05) is 16.6 Å². The van der Waals surface area contributed by atoms with Gasteiger partial charge in [-0.25, -0.2) is 4.98 Å². The van der Waals surface area contributed by atoms with E-state index in [1.807, 2.05) is 53.9 Å². The van der Waals surface area contributed by atoms with Gasteiger partial charge in [-0.2, -0.15) is 0 Å². The van der Waals surface area contributed by atoms with Gasteiger partial charge in [0.15, 0.2) is 0 Å². The summed E-state index contributed by atoms with van der Waals surface area (Å²) in [7, 11) is 0. The molecule has 0 aliphatic heterocycles. The molecule has 32 heavy (non-hydrogen) atoms. The van der Waals surface area contributed by atoms with E-state index in [4.69, 9.17) is 4.74 Å². The van der Waals surface area contributed by atoms with Gasteiger partial charge in [0.1, 0.15) is 17.1 Å². The number of thiophene rings is 1. The van der Waals surface area contributed by atoms with Crippen molar-refractivity contribution in [1.29, 1.82) is 0 Å². The summed E-state index contributed by atoms with van der Waals surface area (Å²) in [6.45, 7) is 4.71. The molecule has 0 radical (unpaired) electrons. The first-order chi connectivity index (χ1) is 15.6. The summed E-state index contributed by atoms with van der Waals surface area (Å²) in [5, 5.41) is 5.30. The minimum atomic E-state index is -0.272. The summed E-state index contributed by atoms with van der Waals surface area (Å²) >= 11 is 1.42. The molecule has 6 nitrogen and oxygen atoms in total. The van der Waals surface area contributed by atoms with Crippen LogP contribution < -0.4 is 15.6 Å². The molecule has 0 atom stereocenters. The highest BCUT2D eigenvalue weighted by Crippen LogP contribution is 2.31. The van der Waals surface area contributed by atoms with Crippen molar-refractivity contribution >= 4 is 33.1 Å². The number of aromatic nitrogens is 2. The summed E-state index contributed by atoms with van der Waals surface area (Å²) < 4.78 is 7.00. The number of hydrogen-bond acceptors (Lipinski definition) is 5. The normalized spacial score (nSPS) is 10.9. The molecular formula is C25H25N3O3S. The minimum absolute atomic E-state index is 0.101. The average molecular weight is 448 g/mol. The maximum atomic E-state index is 13.2. The summed E-state index contributed by atoms with van der Waals surface area (Å²) in [4.78, 5) is 30.8. The molecule has 0 fully saturated rings. The topological polar surface area (TPSA) is 73.2 Å². The summed E-state index contributed by atoms with van der Waals surface area (Å²) in [6, 6.07) is 15.4. The first-order valence-corrected chi connectivity index (χ1v) is 11.6. The average Bonchev–Trinajstić information content (AvgIpc) is 3.25. The molecule has 2 aromatic heterocycles. The van der Waals surface area contributed by atoms with Crippen LogP contribution in [-0.2, 0) is 17.8 Å². The highest BCUT2D eigenvalue weighted by atomic mass is 32.1. The third kappa shape index (κ3) is 4.73. The quantitative estimate of drug-likeness (QED) is 0.407. The second-order valence-corrected chi connectivity index (χ2v) is 8.34. The van der Waals surface area contributed by atoms with Gasteiger partial charge in [-0.1, -0.05) is 38.1 Å². The fraction of sp³-hybridized carbons (Fsp3) is 0.240. The summed E-state index contributed by atoms with van der Waals surface area (Å²) in [6.07, 6.45) is 3.32. The molecule has 1 N–H and O–H groups in total. The van der Waals surface area contributed by atoms with Crippen molar-refractivity contribution < 1.29 is 9.53 Å². The lowest BCUT2D eigenvalue weighted by molar-refractivity contribution is -0.116. The van der Waals surface area contributed by atoms with Crippen LogP contribution in [0, 0.1) is 0 Å². The molecule has 0 aliphatic rings. The number of rotatable bonds is 8. The van der Waals surface area contributed by atoms with E-state index in [0.29, 0.717) is 22.5 Å². The SMILES string of the molecule is CCCOc1ccc(-c2csc3ncn(CC(=O)Nc4ccc(CC)cc4)c(=O)c23)cc1. The molecule has 0 saturated carbocycles. The van der Waals surface area contributed by atoms with Gasteiger partial charge in [-0.15, -0.1) is 11.3 Å². The number of fused-ring (bicyclic) bond motifs is 1. The Bertz CT molecular complexity index is 1270. The fourth-order valence-corrected chi connectivity index (χ4v) is 4.33. The van der Waals surface area contributed by atoms with Crippen LogP contribution in [-0.4, -0.2) is 22.1 Å². The van der Waals surface area contributed by atoms with E-state index in [1.54, 1.807) is 0 Å². The van der Waals surface area contributed by atoms with E-state index in [9.17, 15) is 9.59 Å². The Morgan fingerprint density at radius 3 is 2.53 bits per heavy atom. The lowest BCUT2D eigenvalue weighted by Crippen LogP contribution is -2.27. The maximum Gasteiger partial charge on any atom is 0.263 e. The number of amides is 1. The van der Waals surface area contributed by atoms with Gasteiger partial charge >= 0.3 is 0 Å². The molecule has 0 unspecified atom stereocenters. The predicted molar refractivity (Wildman–Crippen MR) is 130 cm³/mol. The number of nitrogens with one attached hydrogen (secondary N) is 1. The Hall–Kier alpha value is -3.45. The van der Waals surface area contributed by atoms with Crippen LogP contribution in [0.25, 0.3) is 21.3 Å². The molecule has 164 valence electrons. The molecule has 0 spiro atoms. The molecule has 2 aromatic carbocycles. The molecule has 4 aromatic rings. The van der Waals surface area contributed by atoms with Gasteiger partial charge in [0.05, 0.1) is 18.3 Å². The second kappa shape index (κ2) is 9.78. The first-order valence-electron chi connectivity index (χ1n) is 10.7. The number of carbonyl (C=O) groups is 1. The Kier molecular flexibility index (Phi) is 6.66. The smallest absolute Gasteiger partial charge is 0.263 e. The maximum absolute atomic E-state index is 13.2. The largest absolute Gasteiger partial charge is 0.494 e. The van der Waals surface area contributed by atoms with E-state index < -0.39 is 0 Å². The fourth-order valence-electron chi connectivity index (χ4n) is 3.42. The van der Waals surface area contributed by atoms with E-state index in [-0.39, 0.29) is 18.0 Å². The number of anilines is 1. The van der Waals surface area contributed by atoms with Crippen LogP contribution in [0.15, 0.2) is 65.0 Å².